The Kier molecular flexibility index (Phi) is 7.09. The Morgan fingerprint density at radius 2 is 2.27 bits per heavy atom. The number of aromatic nitrogens is 1. The van der Waals surface area contributed by atoms with E-state index in [4.69, 9.17) is 16.7 Å². The van der Waals surface area contributed by atoms with Crippen molar-refractivity contribution in [3.8, 4) is 0 Å². The lowest BCUT2D eigenvalue weighted by Gasteiger charge is -2.31. The number of hydrogen-bond donors (Lipinski definition) is 2. The molecule has 5 nitrogen and oxygen atoms in total. The normalized spacial score (nSPS) is 19.1. The van der Waals surface area contributed by atoms with Crippen LogP contribution in [-0.2, 0) is 4.79 Å². The number of piperidine rings is 1. The smallest absolute Gasteiger partial charge is 0.229 e. The van der Waals surface area contributed by atoms with E-state index < -0.39 is 0 Å². The zero-order chi connectivity index (χ0) is 15.8. The van der Waals surface area contributed by atoms with Gasteiger partial charge in [0.1, 0.15) is 5.82 Å². The van der Waals surface area contributed by atoms with Gasteiger partial charge in [-0.25, -0.2) is 4.98 Å². The van der Waals surface area contributed by atoms with Crippen LogP contribution in [0.25, 0.3) is 0 Å². The summed E-state index contributed by atoms with van der Waals surface area (Å²) in [6, 6.07) is 3.44. The van der Waals surface area contributed by atoms with E-state index in [1.807, 2.05) is 0 Å². The summed E-state index contributed by atoms with van der Waals surface area (Å²) in [5, 5.41) is 12.2. The second-order valence-electron chi connectivity index (χ2n) is 5.77. The maximum atomic E-state index is 12.3. The predicted molar refractivity (Wildman–Crippen MR) is 88.0 cm³/mol. The second-order valence-corrected chi connectivity index (χ2v) is 6.21. The molecular weight excluding hydrogens is 302 g/mol. The van der Waals surface area contributed by atoms with Crippen LogP contribution in [0.5, 0.6) is 0 Å². The second kappa shape index (κ2) is 9.08. The summed E-state index contributed by atoms with van der Waals surface area (Å²) in [5.74, 6) is 0.605. The number of anilines is 1. The quantitative estimate of drug-likeness (QED) is 0.756. The molecule has 0 radical (unpaired) electrons. The van der Waals surface area contributed by atoms with Gasteiger partial charge in [0.2, 0.25) is 5.91 Å². The van der Waals surface area contributed by atoms with Crippen molar-refractivity contribution < 1.29 is 9.90 Å². The Balaban J connectivity index is 1.78. The summed E-state index contributed by atoms with van der Waals surface area (Å²) in [6.45, 7) is 3.13. The Morgan fingerprint density at radius 3 is 3.00 bits per heavy atom. The highest BCUT2D eigenvalue weighted by Crippen LogP contribution is 2.19. The van der Waals surface area contributed by atoms with Crippen LogP contribution < -0.4 is 5.32 Å². The summed E-state index contributed by atoms with van der Waals surface area (Å²) >= 11 is 5.79. The molecule has 2 rings (SSSR count). The average Bonchev–Trinajstić information content (AvgIpc) is 2.54. The molecule has 1 atom stereocenters. The number of aliphatic hydroxyl groups excluding tert-OH is 1. The molecule has 1 aliphatic rings. The first-order chi connectivity index (χ1) is 10.7. The number of nitrogens with one attached hydrogen (secondary N) is 1. The monoisotopic (exact) mass is 325 g/mol. The first-order valence-electron chi connectivity index (χ1n) is 7.94. The van der Waals surface area contributed by atoms with Crippen LogP contribution in [0.2, 0.25) is 5.02 Å². The van der Waals surface area contributed by atoms with Gasteiger partial charge in [0.05, 0.1) is 10.9 Å². The van der Waals surface area contributed by atoms with Gasteiger partial charge in [0.15, 0.2) is 0 Å². The molecular formula is C16H24ClN3O2. The van der Waals surface area contributed by atoms with E-state index in [1.54, 1.807) is 12.1 Å². The van der Waals surface area contributed by atoms with Crippen LogP contribution in [0.4, 0.5) is 5.82 Å². The number of rotatable bonds is 7. The summed E-state index contributed by atoms with van der Waals surface area (Å²) in [6.07, 6.45) is 6.48. The lowest BCUT2D eigenvalue weighted by molar-refractivity contribution is -0.121. The van der Waals surface area contributed by atoms with Gasteiger partial charge in [-0.1, -0.05) is 11.6 Å². The third kappa shape index (κ3) is 5.55. The lowest BCUT2D eigenvalue weighted by Crippen LogP contribution is -2.41. The highest BCUT2D eigenvalue weighted by molar-refractivity contribution is 6.30. The highest BCUT2D eigenvalue weighted by atomic mass is 35.5. The first-order valence-corrected chi connectivity index (χ1v) is 8.32. The molecule has 1 unspecified atom stereocenters. The molecule has 1 saturated heterocycles. The summed E-state index contributed by atoms with van der Waals surface area (Å²) in [4.78, 5) is 18.8. The molecule has 6 heteroatoms. The predicted octanol–water partition coefficient (Wildman–Crippen LogP) is 2.55. The van der Waals surface area contributed by atoms with Crippen molar-refractivity contribution in [2.75, 3.05) is 31.6 Å². The van der Waals surface area contributed by atoms with Crippen LogP contribution >= 0.6 is 11.6 Å². The number of hydrogen-bond acceptors (Lipinski definition) is 4. The molecule has 1 amide bonds. The fourth-order valence-corrected chi connectivity index (χ4v) is 2.89. The number of nitrogens with zero attached hydrogens (tertiary/aromatic N) is 2. The fraction of sp³-hybridized carbons (Fsp3) is 0.625. The minimum absolute atomic E-state index is 0.0177. The topological polar surface area (TPSA) is 65.5 Å². The van der Waals surface area contributed by atoms with Gasteiger partial charge in [0, 0.05) is 19.3 Å². The number of amides is 1. The van der Waals surface area contributed by atoms with E-state index in [0.29, 0.717) is 10.8 Å². The molecule has 0 bridgehead atoms. The van der Waals surface area contributed by atoms with Gasteiger partial charge in [-0.3, -0.25) is 4.79 Å². The van der Waals surface area contributed by atoms with E-state index in [-0.39, 0.29) is 18.4 Å². The van der Waals surface area contributed by atoms with Crippen LogP contribution in [0.3, 0.4) is 0 Å². The molecule has 1 fully saturated rings. The minimum Gasteiger partial charge on any atom is -0.396 e. The van der Waals surface area contributed by atoms with Gasteiger partial charge in [-0.2, -0.15) is 0 Å². The molecule has 1 aliphatic heterocycles. The molecule has 2 heterocycles. The van der Waals surface area contributed by atoms with E-state index in [9.17, 15) is 4.79 Å². The zero-order valence-corrected chi connectivity index (χ0v) is 13.6. The molecule has 0 spiro atoms. The van der Waals surface area contributed by atoms with Gasteiger partial charge in [-0.15, -0.1) is 0 Å². The fourth-order valence-electron chi connectivity index (χ4n) is 2.77. The van der Waals surface area contributed by atoms with Crippen LogP contribution in [0, 0.1) is 5.92 Å². The Morgan fingerprint density at radius 1 is 1.41 bits per heavy atom. The van der Waals surface area contributed by atoms with Gasteiger partial charge < -0.3 is 15.3 Å². The zero-order valence-electron chi connectivity index (χ0n) is 12.8. The maximum absolute atomic E-state index is 12.3. The number of unbranched alkanes of at least 4 members (excludes halogenated alkanes) is 2. The lowest BCUT2D eigenvalue weighted by atomic mass is 9.97. The van der Waals surface area contributed by atoms with Crippen LogP contribution in [0.1, 0.15) is 32.1 Å². The summed E-state index contributed by atoms with van der Waals surface area (Å²) in [5.41, 5.74) is 0. The summed E-state index contributed by atoms with van der Waals surface area (Å²) < 4.78 is 0. The van der Waals surface area contributed by atoms with E-state index in [2.05, 4.69) is 15.2 Å². The number of aliphatic hydroxyl groups is 1. The molecule has 22 heavy (non-hydrogen) atoms. The summed E-state index contributed by atoms with van der Waals surface area (Å²) in [7, 11) is 0. The standard InChI is InChI=1S/C16H24ClN3O2/c17-14-6-7-15(18-11-14)19-16(22)13-5-4-9-20(12-13)8-2-1-3-10-21/h6-7,11,13,21H,1-5,8-10,12H2,(H,18,19,22). The molecule has 0 aromatic carbocycles. The van der Waals surface area contributed by atoms with Crippen LogP contribution in [-0.4, -0.2) is 47.1 Å². The van der Waals surface area contributed by atoms with Gasteiger partial charge in [-0.05, 0) is 57.3 Å². The van der Waals surface area contributed by atoms with Gasteiger partial charge in [0.25, 0.3) is 0 Å². The van der Waals surface area contributed by atoms with Crippen molar-refractivity contribution in [2.45, 2.75) is 32.1 Å². The Labute approximate surface area is 136 Å². The van der Waals surface area contributed by atoms with Crippen molar-refractivity contribution in [1.82, 2.24) is 9.88 Å². The maximum Gasteiger partial charge on any atom is 0.229 e. The Hall–Kier alpha value is -1.17. The highest BCUT2D eigenvalue weighted by Gasteiger charge is 2.25. The van der Waals surface area contributed by atoms with E-state index in [1.165, 1.54) is 6.20 Å². The third-order valence-electron chi connectivity index (χ3n) is 3.99. The van der Waals surface area contributed by atoms with E-state index >= 15 is 0 Å². The van der Waals surface area contributed by atoms with Crippen molar-refractivity contribution in [3.63, 3.8) is 0 Å². The molecule has 122 valence electrons. The molecule has 1 aromatic rings. The largest absolute Gasteiger partial charge is 0.396 e. The Bertz CT molecular complexity index is 467. The first kappa shape index (κ1) is 17.2. The number of pyridine rings is 1. The third-order valence-corrected chi connectivity index (χ3v) is 4.21. The number of carbonyl (C=O) groups excluding carboxylic acids is 1. The SMILES string of the molecule is O=C(Nc1ccc(Cl)cn1)C1CCCN(CCCCCO)C1. The van der Waals surface area contributed by atoms with Gasteiger partial charge >= 0.3 is 0 Å². The average molecular weight is 326 g/mol. The molecule has 0 saturated carbocycles. The molecule has 0 aliphatic carbocycles. The van der Waals surface area contributed by atoms with Crippen molar-refractivity contribution >= 4 is 23.3 Å². The molecule has 2 N–H and O–H groups in total. The number of halogens is 1. The number of carbonyl (C=O) groups is 1. The minimum atomic E-state index is 0.0177. The van der Waals surface area contributed by atoms with Crippen molar-refractivity contribution in [2.24, 2.45) is 5.92 Å². The van der Waals surface area contributed by atoms with Crippen molar-refractivity contribution in [3.05, 3.63) is 23.4 Å². The molecule has 1 aromatic heterocycles. The van der Waals surface area contributed by atoms with Crippen molar-refractivity contribution in [1.29, 1.82) is 0 Å². The number of likely N-dealkylation sites (tertiary alicyclic amines) is 1. The van der Waals surface area contributed by atoms with Crippen LogP contribution in [0.15, 0.2) is 18.3 Å². The van der Waals surface area contributed by atoms with E-state index in [0.717, 1.165) is 51.7 Å².